The number of thiazole rings is 1. The van der Waals surface area contributed by atoms with Gasteiger partial charge in [-0.15, -0.1) is 21.5 Å². The van der Waals surface area contributed by atoms with Crippen LogP contribution in [0.5, 0.6) is 5.75 Å². The number of benzene rings is 1. The molecule has 0 unspecified atom stereocenters. The van der Waals surface area contributed by atoms with Gasteiger partial charge < -0.3 is 9.15 Å². The number of aromatic nitrogens is 4. The maximum Gasteiger partial charge on any atom is 0.200 e. The van der Waals surface area contributed by atoms with Crippen molar-refractivity contribution < 1.29 is 9.15 Å². The van der Waals surface area contributed by atoms with Crippen molar-refractivity contribution in [1.82, 2.24) is 19.7 Å². The molecule has 0 spiro atoms. The fraction of sp³-hybridized carbons (Fsp3) is 0.286. The van der Waals surface area contributed by atoms with E-state index < -0.39 is 0 Å². The lowest BCUT2D eigenvalue weighted by Gasteiger charge is -2.11. The molecule has 8 heteroatoms. The molecule has 0 aliphatic carbocycles. The lowest BCUT2D eigenvalue weighted by Crippen LogP contribution is -2.07. The van der Waals surface area contributed by atoms with Gasteiger partial charge in [0.2, 0.25) is 0 Å². The van der Waals surface area contributed by atoms with E-state index in [2.05, 4.69) is 34.0 Å². The first kappa shape index (κ1) is 19.7. The topological polar surface area (TPSA) is 66.0 Å². The molecule has 0 bridgehead atoms. The third-order valence-corrected chi connectivity index (χ3v) is 6.16. The van der Waals surface area contributed by atoms with Crippen molar-refractivity contribution in [2.75, 3.05) is 7.11 Å². The summed E-state index contributed by atoms with van der Waals surface area (Å²) in [6.07, 6.45) is 1.66. The van der Waals surface area contributed by atoms with Gasteiger partial charge in [0.25, 0.3) is 0 Å². The standard InChI is InChI=1S/C21H22N4O2S2/c1-14(2)11-25-19(18-8-5-9-27-18)23-24-21(25)29-13-16-12-28-20(22-16)15-6-4-7-17(10-15)26-3/h4-10,12,14H,11,13H2,1-3H3. The molecule has 4 aromatic rings. The highest BCUT2D eigenvalue weighted by Crippen LogP contribution is 2.31. The molecule has 3 heterocycles. The Bertz CT molecular complexity index is 1070. The summed E-state index contributed by atoms with van der Waals surface area (Å²) in [7, 11) is 1.67. The van der Waals surface area contributed by atoms with Crippen LogP contribution in [0.4, 0.5) is 0 Å². The molecule has 0 aliphatic rings. The molecular formula is C21H22N4O2S2. The molecule has 0 saturated carbocycles. The maximum atomic E-state index is 5.54. The van der Waals surface area contributed by atoms with Gasteiger partial charge in [-0.3, -0.25) is 4.57 Å². The average molecular weight is 427 g/mol. The van der Waals surface area contributed by atoms with E-state index in [0.717, 1.165) is 51.1 Å². The van der Waals surface area contributed by atoms with E-state index in [-0.39, 0.29) is 0 Å². The minimum Gasteiger partial charge on any atom is -0.497 e. The smallest absolute Gasteiger partial charge is 0.200 e. The lowest BCUT2D eigenvalue weighted by molar-refractivity contribution is 0.415. The first-order valence-corrected chi connectivity index (χ1v) is 11.2. The largest absolute Gasteiger partial charge is 0.497 e. The molecule has 0 saturated heterocycles. The molecule has 0 N–H and O–H groups in total. The Labute approximate surface area is 178 Å². The molecule has 4 rings (SSSR count). The van der Waals surface area contributed by atoms with Gasteiger partial charge >= 0.3 is 0 Å². The predicted molar refractivity (Wildman–Crippen MR) is 116 cm³/mol. The van der Waals surface area contributed by atoms with E-state index in [1.165, 1.54) is 0 Å². The Morgan fingerprint density at radius 2 is 2.10 bits per heavy atom. The summed E-state index contributed by atoms with van der Waals surface area (Å²) in [6.45, 7) is 5.19. The van der Waals surface area contributed by atoms with Gasteiger partial charge in [0.15, 0.2) is 16.7 Å². The molecule has 0 amide bonds. The highest BCUT2D eigenvalue weighted by atomic mass is 32.2. The van der Waals surface area contributed by atoms with Gasteiger partial charge in [0.1, 0.15) is 10.8 Å². The van der Waals surface area contributed by atoms with Crippen molar-refractivity contribution in [2.24, 2.45) is 5.92 Å². The summed E-state index contributed by atoms with van der Waals surface area (Å²) in [5, 5.41) is 12.7. The van der Waals surface area contributed by atoms with Crippen LogP contribution in [0.25, 0.3) is 22.2 Å². The minimum absolute atomic E-state index is 0.470. The summed E-state index contributed by atoms with van der Waals surface area (Å²) in [5.41, 5.74) is 2.09. The zero-order valence-corrected chi connectivity index (χ0v) is 18.2. The van der Waals surface area contributed by atoms with Crippen LogP contribution in [-0.4, -0.2) is 26.9 Å². The molecule has 1 aromatic carbocycles. The fourth-order valence-electron chi connectivity index (χ4n) is 2.91. The molecule has 0 atom stereocenters. The summed E-state index contributed by atoms with van der Waals surface area (Å²) in [6, 6.07) is 11.8. The summed E-state index contributed by atoms with van der Waals surface area (Å²) in [5.74, 6) is 3.54. The number of rotatable bonds is 8. The summed E-state index contributed by atoms with van der Waals surface area (Å²) >= 11 is 3.28. The SMILES string of the molecule is COc1cccc(-c2nc(CSc3nnc(-c4ccco4)n3CC(C)C)cs2)c1. The van der Waals surface area contributed by atoms with E-state index in [4.69, 9.17) is 14.1 Å². The second kappa shape index (κ2) is 8.84. The lowest BCUT2D eigenvalue weighted by atomic mass is 10.2. The average Bonchev–Trinajstić information content (AvgIpc) is 3.47. The molecule has 0 fully saturated rings. The number of ether oxygens (including phenoxy) is 1. The Morgan fingerprint density at radius 1 is 1.21 bits per heavy atom. The van der Waals surface area contributed by atoms with Crippen LogP contribution in [0, 0.1) is 5.92 Å². The maximum absolute atomic E-state index is 5.54. The van der Waals surface area contributed by atoms with Gasteiger partial charge in [0.05, 0.1) is 19.1 Å². The van der Waals surface area contributed by atoms with E-state index in [9.17, 15) is 0 Å². The van der Waals surface area contributed by atoms with Crippen LogP contribution >= 0.6 is 23.1 Å². The van der Waals surface area contributed by atoms with Gasteiger partial charge in [-0.25, -0.2) is 4.98 Å². The molecular weight excluding hydrogens is 404 g/mol. The highest BCUT2D eigenvalue weighted by Gasteiger charge is 2.18. The monoisotopic (exact) mass is 426 g/mol. The Kier molecular flexibility index (Phi) is 6.01. The van der Waals surface area contributed by atoms with E-state index in [1.54, 1.807) is 36.5 Å². The van der Waals surface area contributed by atoms with Crippen LogP contribution in [0.15, 0.2) is 57.6 Å². The van der Waals surface area contributed by atoms with Crippen LogP contribution in [0.1, 0.15) is 19.5 Å². The van der Waals surface area contributed by atoms with Gasteiger partial charge in [0, 0.05) is 23.2 Å². The van der Waals surface area contributed by atoms with Crippen LogP contribution in [0.3, 0.4) is 0 Å². The van der Waals surface area contributed by atoms with Crippen molar-refractivity contribution >= 4 is 23.1 Å². The molecule has 3 aromatic heterocycles. The van der Waals surface area contributed by atoms with Gasteiger partial charge in [-0.05, 0) is 30.2 Å². The predicted octanol–water partition coefficient (Wildman–Crippen LogP) is 5.62. The quantitative estimate of drug-likeness (QED) is 0.341. The van der Waals surface area contributed by atoms with Crippen LogP contribution in [-0.2, 0) is 12.3 Å². The number of nitrogens with zero attached hydrogens (tertiary/aromatic N) is 4. The molecule has 0 aliphatic heterocycles. The van der Waals surface area contributed by atoms with Crippen molar-refractivity contribution in [2.45, 2.75) is 31.3 Å². The second-order valence-electron chi connectivity index (χ2n) is 6.95. The second-order valence-corrected chi connectivity index (χ2v) is 8.75. The first-order valence-electron chi connectivity index (χ1n) is 9.32. The zero-order valence-electron chi connectivity index (χ0n) is 16.5. The number of thioether (sulfide) groups is 1. The van der Waals surface area contributed by atoms with Gasteiger partial charge in [-0.2, -0.15) is 0 Å². The third-order valence-electron chi connectivity index (χ3n) is 4.22. The fourth-order valence-corrected chi connectivity index (χ4v) is 4.68. The van der Waals surface area contributed by atoms with E-state index in [0.29, 0.717) is 5.92 Å². The number of methoxy groups -OCH3 is 1. The van der Waals surface area contributed by atoms with E-state index in [1.807, 2.05) is 36.4 Å². The van der Waals surface area contributed by atoms with Crippen LogP contribution < -0.4 is 4.74 Å². The van der Waals surface area contributed by atoms with E-state index >= 15 is 0 Å². The van der Waals surface area contributed by atoms with Crippen molar-refractivity contribution in [1.29, 1.82) is 0 Å². The highest BCUT2D eigenvalue weighted by molar-refractivity contribution is 7.98. The third kappa shape index (κ3) is 4.54. The molecule has 6 nitrogen and oxygen atoms in total. The minimum atomic E-state index is 0.470. The summed E-state index contributed by atoms with van der Waals surface area (Å²) < 4.78 is 13.0. The Balaban J connectivity index is 1.51. The molecule has 150 valence electrons. The van der Waals surface area contributed by atoms with Crippen molar-refractivity contribution in [3.63, 3.8) is 0 Å². The van der Waals surface area contributed by atoms with Gasteiger partial charge in [-0.1, -0.05) is 37.7 Å². The van der Waals surface area contributed by atoms with Crippen LogP contribution in [0.2, 0.25) is 0 Å². The number of hydrogen-bond donors (Lipinski definition) is 0. The summed E-state index contributed by atoms with van der Waals surface area (Å²) in [4.78, 5) is 4.78. The van der Waals surface area contributed by atoms with Crippen molar-refractivity contribution in [3.8, 4) is 27.9 Å². The normalized spacial score (nSPS) is 11.3. The Hall–Kier alpha value is -2.58. The molecule has 0 radical (unpaired) electrons. The number of hydrogen-bond acceptors (Lipinski definition) is 7. The zero-order chi connectivity index (χ0) is 20.2. The Morgan fingerprint density at radius 3 is 2.86 bits per heavy atom. The van der Waals surface area contributed by atoms with Crippen molar-refractivity contribution in [3.05, 3.63) is 53.7 Å². The number of furan rings is 1. The first-order chi connectivity index (χ1) is 14.1. The molecule has 29 heavy (non-hydrogen) atoms.